The predicted octanol–water partition coefficient (Wildman–Crippen LogP) is 2.14. The van der Waals surface area contributed by atoms with Crippen LogP contribution in [0.25, 0.3) is 0 Å². The van der Waals surface area contributed by atoms with Crippen molar-refractivity contribution >= 4 is 11.9 Å². The van der Waals surface area contributed by atoms with Crippen molar-refractivity contribution < 1.29 is 19.4 Å². The van der Waals surface area contributed by atoms with Gasteiger partial charge in [0, 0.05) is 5.57 Å². The SMILES string of the molecule is C=C(CC(=O)OCCCCCC)C(=O)O. The molecule has 0 aromatic rings. The lowest BCUT2D eigenvalue weighted by Crippen LogP contribution is -2.10. The average molecular weight is 214 g/mol. The minimum atomic E-state index is -1.15. The summed E-state index contributed by atoms with van der Waals surface area (Å²) in [6.07, 6.45) is 3.88. The van der Waals surface area contributed by atoms with Crippen LogP contribution in [0, 0.1) is 0 Å². The van der Waals surface area contributed by atoms with E-state index < -0.39 is 11.9 Å². The van der Waals surface area contributed by atoms with E-state index in [1.165, 1.54) is 0 Å². The van der Waals surface area contributed by atoms with Crippen LogP contribution < -0.4 is 0 Å². The Morgan fingerprint density at radius 1 is 1.27 bits per heavy atom. The van der Waals surface area contributed by atoms with E-state index in [-0.39, 0.29) is 12.0 Å². The Kier molecular flexibility index (Phi) is 7.32. The van der Waals surface area contributed by atoms with Gasteiger partial charge in [0.1, 0.15) is 0 Å². The fourth-order valence-corrected chi connectivity index (χ4v) is 1.02. The third-order valence-electron chi connectivity index (χ3n) is 1.92. The third kappa shape index (κ3) is 7.73. The fourth-order valence-electron chi connectivity index (χ4n) is 1.02. The lowest BCUT2D eigenvalue weighted by atomic mass is 10.2. The van der Waals surface area contributed by atoms with Gasteiger partial charge in [-0.3, -0.25) is 4.79 Å². The molecule has 0 fully saturated rings. The van der Waals surface area contributed by atoms with Crippen LogP contribution in [0.15, 0.2) is 12.2 Å². The minimum absolute atomic E-state index is 0.131. The number of hydrogen-bond acceptors (Lipinski definition) is 3. The molecule has 86 valence electrons. The van der Waals surface area contributed by atoms with Crippen LogP contribution in [0.3, 0.4) is 0 Å². The van der Waals surface area contributed by atoms with Gasteiger partial charge in [-0.05, 0) is 6.42 Å². The number of rotatable bonds is 8. The van der Waals surface area contributed by atoms with Crippen molar-refractivity contribution in [2.24, 2.45) is 0 Å². The van der Waals surface area contributed by atoms with Gasteiger partial charge in [-0.2, -0.15) is 0 Å². The van der Waals surface area contributed by atoms with Crippen molar-refractivity contribution in [3.63, 3.8) is 0 Å². The Labute approximate surface area is 89.9 Å². The van der Waals surface area contributed by atoms with Crippen LogP contribution in [0.4, 0.5) is 0 Å². The zero-order chi connectivity index (χ0) is 11.7. The number of aliphatic carboxylic acids is 1. The van der Waals surface area contributed by atoms with E-state index >= 15 is 0 Å². The number of esters is 1. The van der Waals surface area contributed by atoms with Crippen LogP contribution in [-0.2, 0) is 14.3 Å². The molecule has 0 radical (unpaired) electrons. The molecule has 0 rings (SSSR count). The number of carbonyl (C=O) groups excluding carboxylic acids is 1. The first kappa shape index (κ1) is 13.7. The van der Waals surface area contributed by atoms with Gasteiger partial charge in [0.15, 0.2) is 0 Å². The quantitative estimate of drug-likeness (QED) is 0.382. The second kappa shape index (κ2) is 8.03. The topological polar surface area (TPSA) is 63.6 Å². The van der Waals surface area contributed by atoms with Crippen molar-refractivity contribution in [3.8, 4) is 0 Å². The largest absolute Gasteiger partial charge is 0.478 e. The van der Waals surface area contributed by atoms with E-state index in [0.717, 1.165) is 25.7 Å². The highest BCUT2D eigenvalue weighted by Crippen LogP contribution is 2.03. The highest BCUT2D eigenvalue weighted by atomic mass is 16.5. The van der Waals surface area contributed by atoms with E-state index in [1.807, 2.05) is 0 Å². The number of unbranched alkanes of at least 4 members (excludes halogenated alkanes) is 3. The molecule has 4 nitrogen and oxygen atoms in total. The molecule has 0 amide bonds. The monoisotopic (exact) mass is 214 g/mol. The summed E-state index contributed by atoms with van der Waals surface area (Å²) in [4.78, 5) is 21.4. The minimum Gasteiger partial charge on any atom is -0.478 e. The normalized spacial score (nSPS) is 9.67. The number of ether oxygens (including phenoxy) is 1. The highest BCUT2D eigenvalue weighted by Gasteiger charge is 2.10. The molecule has 0 unspecified atom stereocenters. The van der Waals surface area contributed by atoms with Gasteiger partial charge in [0.05, 0.1) is 13.0 Å². The molecule has 4 heteroatoms. The molecule has 1 N–H and O–H groups in total. The van der Waals surface area contributed by atoms with E-state index in [0.29, 0.717) is 6.61 Å². The summed E-state index contributed by atoms with van der Waals surface area (Å²) in [6.45, 7) is 5.72. The summed E-state index contributed by atoms with van der Waals surface area (Å²) in [5.74, 6) is -1.67. The molecule has 0 atom stereocenters. The van der Waals surface area contributed by atoms with E-state index in [9.17, 15) is 9.59 Å². The fraction of sp³-hybridized carbons (Fsp3) is 0.636. The van der Waals surface area contributed by atoms with Crippen LogP contribution in [-0.4, -0.2) is 23.7 Å². The third-order valence-corrected chi connectivity index (χ3v) is 1.92. The summed E-state index contributed by atoms with van der Waals surface area (Å²) >= 11 is 0. The Balaban J connectivity index is 3.49. The molecule has 0 aliphatic carbocycles. The average Bonchev–Trinajstić information content (AvgIpc) is 2.17. The van der Waals surface area contributed by atoms with Crippen molar-refractivity contribution in [1.82, 2.24) is 0 Å². The van der Waals surface area contributed by atoms with Gasteiger partial charge in [-0.15, -0.1) is 0 Å². The molecule has 0 saturated carbocycles. The van der Waals surface area contributed by atoms with Gasteiger partial charge >= 0.3 is 11.9 Å². The van der Waals surface area contributed by atoms with Gasteiger partial charge in [-0.25, -0.2) is 4.79 Å². The summed E-state index contributed by atoms with van der Waals surface area (Å²) in [6, 6.07) is 0. The molecular formula is C11H18O4. The summed E-state index contributed by atoms with van der Waals surface area (Å²) in [5, 5.41) is 8.47. The van der Waals surface area contributed by atoms with Crippen molar-refractivity contribution in [2.75, 3.05) is 6.61 Å². The highest BCUT2D eigenvalue weighted by molar-refractivity contribution is 5.91. The second-order valence-electron chi connectivity index (χ2n) is 3.37. The van der Waals surface area contributed by atoms with Gasteiger partial charge < -0.3 is 9.84 Å². The Hall–Kier alpha value is -1.32. The molecular weight excluding hydrogens is 196 g/mol. The molecule has 0 aliphatic heterocycles. The smallest absolute Gasteiger partial charge is 0.331 e. The van der Waals surface area contributed by atoms with E-state index in [2.05, 4.69) is 13.5 Å². The maximum atomic E-state index is 11.0. The zero-order valence-corrected chi connectivity index (χ0v) is 9.12. The number of carboxylic acids is 1. The van der Waals surface area contributed by atoms with Crippen LogP contribution >= 0.6 is 0 Å². The first-order chi connectivity index (χ1) is 7.07. The Morgan fingerprint density at radius 3 is 2.47 bits per heavy atom. The Bertz CT molecular complexity index is 233. The first-order valence-electron chi connectivity index (χ1n) is 5.14. The summed E-state index contributed by atoms with van der Waals surface area (Å²) in [7, 11) is 0. The molecule has 0 aliphatic rings. The molecule has 0 heterocycles. The molecule has 0 saturated heterocycles. The maximum absolute atomic E-state index is 11.0. The standard InChI is InChI=1S/C11H18O4/c1-3-4-5-6-7-15-10(12)8-9(2)11(13)14/h2-8H2,1H3,(H,13,14). The van der Waals surface area contributed by atoms with E-state index in [4.69, 9.17) is 9.84 Å². The van der Waals surface area contributed by atoms with Gasteiger partial charge in [0.2, 0.25) is 0 Å². The van der Waals surface area contributed by atoms with Crippen molar-refractivity contribution in [3.05, 3.63) is 12.2 Å². The summed E-state index contributed by atoms with van der Waals surface area (Å²) < 4.78 is 4.85. The second-order valence-corrected chi connectivity index (χ2v) is 3.37. The number of carbonyl (C=O) groups is 2. The van der Waals surface area contributed by atoms with Gasteiger partial charge in [-0.1, -0.05) is 32.8 Å². The van der Waals surface area contributed by atoms with Crippen molar-refractivity contribution in [2.45, 2.75) is 39.0 Å². The predicted molar refractivity (Wildman–Crippen MR) is 56.5 cm³/mol. The lowest BCUT2D eigenvalue weighted by Gasteiger charge is -2.04. The maximum Gasteiger partial charge on any atom is 0.331 e. The molecule has 0 aromatic carbocycles. The van der Waals surface area contributed by atoms with Crippen LogP contribution in [0.5, 0.6) is 0 Å². The number of carboxylic acid groups (broad SMARTS) is 1. The van der Waals surface area contributed by atoms with Gasteiger partial charge in [0.25, 0.3) is 0 Å². The molecule has 15 heavy (non-hydrogen) atoms. The number of hydrogen-bond donors (Lipinski definition) is 1. The van der Waals surface area contributed by atoms with E-state index in [1.54, 1.807) is 0 Å². The van der Waals surface area contributed by atoms with Crippen molar-refractivity contribution in [1.29, 1.82) is 0 Å². The Morgan fingerprint density at radius 2 is 1.93 bits per heavy atom. The zero-order valence-electron chi connectivity index (χ0n) is 9.12. The van der Waals surface area contributed by atoms with Crippen LogP contribution in [0.2, 0.25) is 0 Å². The molecule has 0 bridgehead atoms. The lowest BCUT2D eigenvalue weighted by molar-refractivity contribution is -0.144. The molecule has 0 aromatic heterocycles. The molecule has 0 spiro atoms. The van der Waals surface area contributed by atoms with Crippen LogP contribution in [0.1, 0.15) is 39.0 Å². The first-order valence-corrected chi connectivity index (χ1v) is 5.14. The summed E-state index contributed by atoms with van der Waals surface area (Å²) in [5.41, 5.74) is -0.131.